The number of carbonyl (C=O) groups excluding carboxylic acids is 1. The number of Topliss-reactive ketones (excluding diaryl/α,β-unsaturated/α-hetero) is 1. The third kappa shape index (κ3) is 2.54. The molecule has 5 heteroatoms. The molecule has 0 atom stereocenters. The fourth-order valence-electron chi connectivity index (χ4n) is 1.22. The number of benzene rings is 1. The van der Waals surface area contributed by atoms with Crippen molar-refractivity contribution in [3.05, 3.63) is 29.3 Å². The van der Waals surface area contributed by atoms with Crippen LogP contribution in [0.15, 0.2) is 18.2 Å². The highest BCUT2D eigenvalue weighted by Gasteiger charge is 2.11. The van der Waals surface area contributed by atoms with Crippen molar-refractivity contribution < 1.29 is 14.7 Å². The smallest absolute Gasteiger partial charge is 0.335 e. The normalized spacial score (nSPS) is 9.93. The molecule has 5 N–H and O–H groups in total. The highest BCUT2D eigenvalue weighted by Crippen LogP contribution is 2.16. The number of carboxylic acids is 1. The van der Waals surface area contributed by atoms with Gasteiger partial charge >= 0.3 is 5.97 Å². The summed E-state index contributed by atoms with van der Waals surface area (Å²) in [6, 6.07) is 4.03. The van der Waals surface area contributed by atoms with Crippen LogP contribution in [0.5, 0.6) is 0 Å². The summed E-state index contributed by atoms with van der Waals surface area (Å²) in [5.41, 5.74) is 11.4. The minimum absolute atomic E-state index is 0.0665. The van der Waals surface area contributed by atoms with Crippen molar-refractivity contribution in [2.75, 3.05) is 12.3 Å². The van der Waals surface area contributed by atoms with Crippen LogP contribution in [0.25, 0.3) is 0 Å². The zero-order chi connectivity index (χ0) is 11.4. The van der Waals surface area contributed by atoms with Gasteiger partial charge in [-0.25, -0.2) is 4.79 Å². The second-order valence-corrected chi connectivity index (χ2v) is 3.07. The Kier molecular flexibility index (Phi) is 3.41. The van der Waals surface area contributed by atoms with Gasteiger partial charge in [0.05, 0.1) is 5.56 Å². The summed E-state index contributed by atoms with van der Waals surface area (Å²) in [4.78, 5) is 22.0. The molecular weight excluding hydrogens is 196 g/mol. The molecule has 15 heavy (non-hydrogen) atoms. The Bertz CT molecular complexity index is 402. The monoisotopic (exact) mass is 208 g/mol. The molecule has 0 aliphatic heterocycles. The summed E-state index contributed by atoms with van der Waals surface area (Å²) in [6.07, 6.45) is 0.205. The quantitative estimate of drug-likeness (QED) is 0.493. The van der Waals surface area contributed by atoms with Gasteiger partial charge in [-0.1, -0.05) is 0 Å². The molecular formula is C10H12N2O3. The summed E-state index contributed by atoms with van der Waals surface area (Å²) in [5.74, 6) is -1.24. The number of carboxylic acid groups (broad SMARTS) is 1. The lowest BCUT2D eigenvalue weighted by Crippen LogP contribution is -2.11. The van der Waals surface area contributed by atoms with Crippen LogP contribution in [-0.2, 0) is 0 Å². The predicted octanol–water partition coefficient (Wildman–Crippen LogP) is 0.499. The summed E-state index contributed by atoms with van der Waals surface area (Å²) in [6.45, 7) is 0.249. The average Bonchev–Trinajstić information content (AvgIpc) is 2.17. The van der Waals surface area contributed by atoms with Crippen LogP contribution >= 0.6 is 0 Å². The molecule has 0 radical (unpaired) electrons. The summed E-state index contributed by atoms with van der Waals surface area (Å²) in [7, 11) is 0. The SMILES string of the molecule is NCCC(=O)c1ccc(C(=O)O)cc1N. The minimum atomic E-state index is -1.07. The summed E-state index contributed by atoms with van der Waals surface area (Å²) in [5, 5.41) is 8.68. The van der Waals surface area contributed by atoms with Crippen molar-refractivity contribution in [1.82, 2.24) is 0 Å². The number of carbonyl (C=O) groups is 2. The number of hydrogen-bond donors (Lipinski definition) is 3. The molecule has 1 aromatic rings. The lowest BCUT2D eigenvalue weighted by Gasteiger charge is -2.04. The maximum Gasteiger partial charge on any atom is 0.335 e. The molecule has 0 saturated heterocycles. The first-order valence-corrected chi connectivity index (χ1v) is 4.42. The van der Waals surface area contributed by atoms with Gasteiger partial charge in [0.1, 0.15) is 0 Å². The van der Waals surface area contributed by atoms with E-state index < -0.39 is 5.97 Å². The maximum atomic E-state index is 11.4. The first-order chi connectivity index (χ1) is 7.06. The van der Waals surface area contributed by atoms with Crippen LogP contribution in [0.4, 0.5) is 5.69 Å². The van der Waals surface area contributed by atoms with E-state index in [1.807, 2.05) is 0 Å². The molecule has 0 aliphatic rings. The van der Waals surface area contributed by atoms with Crippen LogP contribution in [0.3, 0.4) is 0 Å². The van der Waals surface area contributed by atoms with Gasteiger partial charge in [-0.3, -0.25) is 4.79 Å². The highest BCUT2D eigenvalue weighted by atomic mass is 16.4. The van der Waals surface area contributed by atoms with E-state index in [1.165, 1.54) is 18.2 Å². The lowest BCUT2D eigenvalue weighted by molar-refractivity contribution is 0.0696. The zero-order valence-electron chi connectivity index (χ0n) is 8.06. The van der Waals surface area contributed by atoms with Gasteiger partial charge in [-0.05, 0) is 24.7 Å². The Balaban J connectivity index is 3.03. The standard InChI is InChI=1S/C10H12N2O3/c11-4-3-9(13)7-2-1-6(10(14)15)5-8(7)12/h1-2,5H,3-4,11-12H2,(H,14,15). The lowest BCUT2D eigenvalue weighted by atomic mass is 10.0. The molecule has 0 saturated carbocycles. The Morgan fingerprint density at radius 2 is 2.00 bits per heavy atom. The van der Waals surface area contributed by atoms with E-state index in [4.69, 9.17) is 16.6 Å². The molecule has 0 unspecified atom stereocenters. The molecule has 80 valence electrons. The van der Waals surface area contributed by atoms with E-state index in [2.05, 4.69) is 0 Å². The molecule has 1 aromatic carbocycles. The van der Waals surface area contributed by atoms with E-state index in [9.17, 15) is 9.59 Å². The van der Waals surface area contributed by atoms with E-state index >= 15 is 0 Å². The van der Waals surface area contributed by atoms with Gasteiger partial charge in [0.15, 0.2) is 5.78 Å². The van der Waals surface area contributed by atoms with Gasteiger partial charge in [-0.2, -0.15) is 0 Å². The fourth-order valence-corrected chi connectivity index (χ4v) is 1.22. The van der Waals surface area contributed by atoms with Crippen molar-refractivity contribution in [3.8, 4) is 0 Å². The molecule has 5 nitrogen and oxygen atoms in total. The van der Waals surface area contributed by atoms with Crippen LogP contribution in [0.2, 0.25) is 0 Å². The summed E-state index contributed by atoms with van der Waals surface area (Å²) >= 11 is 0. The Hall–Kier alpha value is -1.88. The highest BCUT2D eigenvalue weighted by molar-refractivity contribution is 6.02. The van der Waals surface area contributed by atoms with Gasteiger partial charge < -0.3 is 16.6 Å². The molecule has 0 aliphatic carbocycles. The van der Waals surface area contributed by atoms with E-state index in [0.717, 1.165) is 0 Å². The summed E-state index contributed by atoms with van der Waals surface area (Å²) < 4.78 is 0. The third-order valence-corrected chi connectivity index (χ3v) is 1.97. The van der Waals surface area contributed by atoms with Gasteiger partial charge in [-0.15, -0.1) is 0 Å². The Labute approximate surface area is 86.7 Å². The maximum absolute atomic E-state index is 11.4. The fraction of sp³-hybridized carbons (Fsp3) is 0.200. The number of hydrogen-bond acceptors (Lipinski definition) is 4. The van der Waals surface area contributed by atoms with Crippen LogP contribution in [-0.4, -0.2) is 23.4 Å². The number of rotatable bonds is 4. The molecule has 0 amide bonds. The molecule has 0 spiro atoms. The van der Waals surface area contributed by atoms with Crippen LogP contribution in [0.1, 0.15) is 27.1 Å². The second kappa shape index (κ2) is 4.56. The molecule has 0 fully saturated rings. The van der Waals surface area contributed by atoms with Gasteiger partial charge in [0.2, 0.25) is 0 Å². The number of anilines is 1. The first-order valence-electron chi connectivity index (χ1n) is 4.42. The van der Waals surface area contributed by atoms with E-state index in [-0.39, 0.29) is 30.0 Å². The van der Waals surface area contributed by atoms with E-state index in [1.54, 1.807) is 0 Å². The predicted molar refractivity (Wildman–Crippen MR) is 55.8 cm³/mol. The van der Waals surface area contributed by atoms with Crippen LogP contribution in [0, 0.1) is 0 Å². The topological polar surface area (TPSA) is 106 Å². The average molecular weight is 208 g/mol. The molecule has 0 heterocycles. The number of nitrogens with two attached hydrogens (primary N) is 2. The third-order valence-electron chi connectivity index (χ3n) is 1.97. The minimum Gasteiger partial charge on any atom is -0.478 e. The molecule has 0 bridgehead atoms. The second-order valence-electron chi connectivity index (χ2n) is 3.07. The van der Waals surface area contributed by atoms with Gasteiger partial charge in [0, 0.05) is 17.7 Å². The van der Waals surface area contributed by atoms with E-state index in [0.29, 0.717) is 5.56 Å². The van der Waals surface area contributed by atoms with Crippen molar-refractivity contribution in [1.29, 1.82) is 0 Å². The van der Waals surface area contributed by atoms with Gasteiger partial charge in [0.25, 0.3) is 0 Å². The number of ketones is 1. The Morgan fingerprint density at radius 1 is 1.33 bits per heavy atom. The first kappa shape index (κ1) is 11.2. The zero-order valence-corrected chi connectivity index (χ0v) is 8.06. The van der Waals surface area contributed by atoms with Crippen LogP contribution < -0.4 is 11.5 Å². The molecule has 0 aromatic heterocycles. The largest absolute Gasteiger partial charge is 0.478 e. The van der Waals surface area contributed by atoms with Crippen molar-refractivity contribution in [3.63, 3.8) is 0 Å². The Morgan fingerprint density at radius 3 is 2.47 bits per heavy atom. The number of nitrogen functional groups attached to an aromatic ring is 1. The van der Waals surface area contributed by atoms with Crippen molar-refractivity contribution >= 4 is 17.4 Å². The van der Waals surface area contributed by atoms with Crippen molar-refractivity contribution in [2.45, 2.75) is 6.42 Å². The number of aromatic carboxylic acids is 1. The van der Waals surface area contributed by atoms with Crippen molar-refractivity contribution in [2.24, 2.45) is 5.73 Å². The molecule has 1 rings (SSSR count).